The lowest BCUT2D eigenvalue weighted by molar-refractivity contribution is -0.136. The van der Waals surface area contributed by atoms with Gasteiger partial charge in [0.15, 0.2) is 11.5 Å². The second-order valence-electron chi connectivity index (χ2n) is 9.86. The predicted octanol–water partition coefficient (Wildman–Crippen LogP) is 2.49. The zero-order valence-electron chi connectivity index (χ0n) is 18.8. The van der Waals surface area contributed by atoms with Gasteiger partial charge in [0, 0.05) is 38.0 Å². The molecule has 170 valence electrons. The fourth-order valence-corrected chi connectivity index (χ4v) is 6.70. The SMILES string of the molecule is COc1ccc2nnc(CCC(=O)N3CCCC4=CC5CC(CN6CCCCC56)C43)n2n1. The monoisotopic (exact) mass is 436 g/mol. The third-order valence-electron chi connectivity index (χ3n) is 8.05. The largest absolute Gasteiger partial charge is 0.480 e. The van der Waals surface area contributed by atoms with Crippen LogP contribution in [0.1, 0.15) is 50.8 Å². The molecule has 2 bridgehead atoms. The number of ether oxygens (including phenoxy) is 1. The maximum absolute atomic E-state index is 13.4. The number of carbonyl (C=O) groups is 1. The molecule has 1 aliphatic carbocycles. The normalized spacial score (nSPS) is 29.9. The van der Waals surface area contributed by atoms with Gasteiger partial charge < -0.3 is 9.64 Å². The smallest absolute Gasteiger partial charge is 0.231 e. The molecule has 8 nitrogen and oxygen atoms in total. The Morgan fingerprint density at radius 2 is 2.12 bits per heavy atom. The zero-order valence-corrected chi connectivity index (χ0v) is 18.8. The van der Waals surface area contributed by atoms with Gasteiger partial charge in [-0.15, -0.1) is 15.3 Å². The lowest BCUT2D eigenvalue weighted by atomic mass is 9.68. The molecule has 5 heterocycles. The van der Waals surface area contributed by atoms with Crippen LogP contribution in [0, 0.1) is 11.8 Å². The average Bonchev–Trinajstić information content (AvgIpc) is 3.24. The van der Waals surface area contributed by atoms with Gasteiger partial charge in [-0.25, -0.2) is 0 Å². The first-order valence-electron chi connectivity index (χ1n) is 12.2. The molecule has 3 saturated heterocycles. The third kappa shape index (κ3) is 3.39. The number of amides is 1. The first-order chi connectivity index (χ1) is 15.7. The molecule has 8 heteroatoms. The van der Waals surface area contributed by atoms with Crippen LogP contribution in [0.4, 0.5) is 0 Å². The standard InChI is InChI=1S/C24H32N6O2/c1-32-22-9-7-20-25-26-21(30(20)27-22)8-10-23(31)29-12-4-5-16-13-17-14-18(24(16)29)15-28-11-3-2-6-19(17)28/h7,9,13,17-19,24H,2-6,8,10-12,14-15H2,1H3. The summed E-state index contributed by atoms with van der Waals surface area (Å²) in [6, 6.07) is 4.64. The van der Waals surface area contributed by atoms with Crippen LogP contribution in [0.5, 0.6) is 5.88 Å². The Labute approximate surface area is 188 Å². The molecule has 1 amide bonds. The van der Waals surface area contributed by atoms with Crippen LogP contribution < -0.4 is 4.74 Å². The summed E-state index contributed by atoms with van der Waals surface area (Å²) in [5.41, 5.74) is 2.21. The van der Waals surface area contributed by atoms with E-state index in [2.05, 4.69) is 31.2 Å². The topological polar surface area (TPSA) is 75.9 Å². The van der Waals surface area contributed by atoms with Crippen molar-refractivity contribution in [3.05, 3.63) is 29.6 Å². The molecule has 3 fully saturated rings. The highest BCUT2D eigenvalue weighted by atomic mass is 16.5. The van der Waals surface area contributed by atoms with Crippen LogP contribution in [0.15, 0.2) is 23.8 Å². The van der Waals surface area contributed by atoms with Gasteiger partial charge in [-0.05, 0) is 56.6 Å². The molecule has 4 unspecified atom stereocenters. The second-order valence-corrected chi connectivity index (χ2v) is 9.86. The van der Waals surface area contributed by atoms with Gasteiger partial charge in [0.2, 0.25) is 11.8 Å². The van der Waals surface area contributed by atoms with Crippen LogP contribution in [0.25, 0.3) is 5.65 Å². The van der Waals surface area contributed by atoms with Crippen molar-refractivity contribution in [1.82, 2.24) is 29.6 Å². The summed E-state index contributed by atoms with van der Waals surface area (Å²) < 4.78 is 6.92. The van der Waals surface area contributed by atoms with E-state index in [1.165, 1.54) is 37.8 Å². The minimum Gasteiger partial charge on any atom is -0.480 e. The molecule has 3 aliphatic heterocycles. The number of piperidine rings is 3. The van der Waals surface area contributed by atoms with Crippen molar-refractivity contribution in [2.45, 2.75) is 63.5 Å². The van der Waals surface area contributed by atoms with E-state index in [4.69, 9.17) is 4.74 Å². The predicted molar refractivity (Wildman–Crippen MR) is 119 cm³/mol. The number of aryl methyl sites for hydroxylation is 1. The molecular formula is C24H32N6O2. The molecule has 32 heavy (non-hydrogen) atoms. The summed E-state index contributed by atoms with van der Waals surface area (Å²) in [6.45, 7) is 3.27. The van der Waals surface area contributed by atoms with Gasteiger partial charge in [-0.2, -0.15) is 4.52 Å². The van der Waals surface area contributed by atoms with Gasteiger partial charge in [0.1, 0.15) is 0 Å². The van der Waals surface area contributed by atoms with Crippen LogP contribution >= 0.6 is 0 Å². The number of fused-ring (bicyclic) bond motifs is 7. The van der Waals surface area contributed by atoms with Gasteiger partial charge in [0.05, 0.1) is 13.2 Å². The number of methoxy groups -OCH3 is 1. The van der Waals surface area contributed by atoms with Crippen molar-refractivity contribution in [3.8, 4) is 5.88 Å². The Morgan fingerprint density at radius 3 is 3.03 bits per heavy atom. The number of hydrogen-bond acceptors (Lipinski definition) is 6. The summed E-state index contributed by atoms with van der Waals surface area (Å²) in [7, 11) is 1.59. The summed E-state index contributed by atoms with van der Waals surface area (Å²) in [5.74, 6) is 2.73. The van der Waals surface area contributed by atoms with Crippen molar-refractivity contribution in [3.63, 3.8) is 0 Å². The minimum absolute atomic E-state index is 0.236. The van der Waals surface area contributed by atoms with Crippen LogP contribution in [-0.4, -0.2) is 74.3 Å². The van der Waals surface area contributed by atoms with Crippen LogP contribution in [-0.2, 0) is 11.2 Å². The summed E-state index contributed by atoms with van der Waals surface area (Å²) in [6.07, 6.45) is 11.1. The van der Waals surface area contributed by atoms with Crippen molar-refractivity contribution in [1.29, 1.82) is 0 Å². The molecule has 6 rings (SSSR count). The fraction of sp³-hybridized carbons (Fsp3) is 0.667. The van der Waals surface area contributed by atoms with Gasteiger partial charge in [-0.3, -0.25) is 9.69 Å². The summed E-state index contributed by atoms with van der Waals surface area (Å²) in [5, 5.41) is 12.9. The Bertz CT molecular complexity index is 1050. The first kappa shape index (κ1) is 20.1. The Balaban J connectivity index is 1.19. The van der Waals surface area contributed by atoms with E-state index in [9.17, 15) is 4.79 Å². The maximum Gasteiger partial charge on any atom is 0.231 e. The highest BCUT2D eigenvalue weighted by molar-refractivity contribution is 5.77. The number of aromatic nitrogens is 4. The number of likely N-dealkylation sites (tertiary alicyclic amines) is 1. The molecule has 4 atom stereocenters. The molecule has 0 N–H and O–H groups in total. The number of carbonyl (C=O) groups excluding carboxylic acids is 1. The molecular weight excluding hydrogens is 404 g/mol. The van der Waals surface area contributed by atoms with E-state index in [1.54, 1.807) is 17.7 Å². The molecule has 0 saturated carbocycles. The molecule has 0 radical (unpaired) electrons. The van der Waals surface area contributed by atoms with E-state index in [0.29, 0.717) is 48.1 Å². The van der Waals surface area contributed by atoms with Crippen molar-refractivity contribution < 1.29 is 9.53 Å². The zero-order chi connectivity index (χ0) is 21.7. The van der Waals surface area contributed by atoms with Crippen LogP contribution in [0.3, 0.4) is 0 Å². The molecule has 2 aromatic heterocycles. The van der Waals surface area contributed by atoms with E-state index < -0.39 is 0 Å². The van der Waals surface area contributed by atoms with E-state index in [-0.39, 0.29) is 5.91 Å². The fourth-order valence-electron chi connectivity index (χ4n) is 6.70. The minimum atomic E-state index is 0.236. The van der Waals surface area contributed by atoms with E-state index in [1.807, 2.05) is 6.07 Å². The third-order valence-corrected chi connectivity index (χ3v) is 8.05. The highest BCUT2D eigenvalue weighted by Crippen LogP contribution is 2.45. The van der Waals surface area contributed by atoms with Gasteiger partial charge in [-0.1, -0.05) is 18.1 Å². The van der Waals surface area contributed by atoms with Crippen molar-refractivity contribution in [2.24, 2.45) is 11.8 Å². The van der Waals surface area contributed by atoms with Gasteiger partial charge >= 0.3 is 0 Å². The number of hydrogen-bond donors (Lipinski definition) is 0. The number of rotatable bonds is 4. The first-order valence-corrected chi connectivity index (χ1v) is 12.2. The van der Waals surface area contributed by atoms with Crippen molar-refractivity contribution >= 4 is 11.6 Å². The lowest BCUT2D eigenvalue weighted by Crippen LogP contribution is -2.60. The highest BCUT2D eigenvalue weighted by Gasteiger charge is 2.46. The average molecular weight is 437 g/mol. The van der Waals surface area contributed by atoms with E-state index in [0.717, 1.165) is 32.0 Å². The quantitative estimate of drug-likeness (QED) is 0.686. The molecule has 4 aliphatic rings. The Morgan fingerprint density at radius 1 is 1.19 bits per heavy atom. The van der Waals surface area contributed by atoms with Gasteiger partial charge in [0.25, 0.3) is 0 Å². The number of nitrogens with zero attached hydrogens (tertiary/aromatic N) is 6. The molecule has 0 aromatic carbocycles. The maximum atomic E-state index is 13.4. The lowest BCUT2D eigenvalue weighted by Gasteiger charge is -2.54. The second kappa shape index (κ2) is 8.14. The molecule has 2 aromatic rings. The summed E-state index contributed by atoms with van der Waals surface area (Å²) in [4.78, 5) is 18.4. The Kier molecular flexibility index (Phi) is 5.12. The summed E-state index contributed by atoms with van der Waals surface area (Å²) >= 11 is 0. The van der Waals surface area contributed by atoms with Crippen molar-refractivity contribution in [2.75, 3.05) is 26.7 Å². The molecule has 0 spiro atoms. The Hall–Kier alpha value is -2.48. The van der Waals surface area contributed by atoms with Crippen LogP contribution in [0.2, 0.25) is 0 Å². The van der Waals surface area contributed by atoms with E-state index >= 15 is 0 Å².